The van der Waals surface area contributed by atoms with E-state index in [4.69, 9.17) is 11.0 Å². The summed E-state index contributed by atoms with van der Waals surface area (Å²) in [6.07, 6.45) is 1.79. The van der Waals surface area contributed by atoms with E-state index in [0.717, 1.165) is 11.3 Å². The first-order valence-electron chi connectivity index (χ1n) is 5.71. The molecule has 0 aliphatic rings. The minimum Gasteiger partial charge on any atom is -0.396 e. The van der Waals surface area contributed by atoms with Crippen LogP contribution >= 0.6 is 11.3 Å². The number of anilines is 2. The van der Waals surface area contributed by atoms with Crippen LogP contribution in [-0.4, -0.2) is 29.6 Å². The molecule has 0 bridgehead atoms. The van der Waals surface area contributed by atoms with Crippen molar-refractivity contribution in [2.24, 2.45) is 0 Å². The van der Waals surface area contributed by atoms with Gasteiger partial charge in [0.25, 0.3) is 5.91 Å². The topological polar surface area (TPSA) is 130 Å². The second-order valence-corrected chi connectivity index (χ2v) is 4.78. The van der Waals surface area contributed by atoms with Gasteiger partial charge < -0.3 is 20.9 Å². The number of carbonyl (C=O) groups is 1. The second kappa shape index (κ2) is 6.03. The number of hydrogen-bond acceptors (Lipinski definition) is 8. The van der Waals surface area contributed by atoms with E-state index >= 15 is 0 Å². The second-order valence-electron chi connectivity index (χ2n) is 3.76. The first-order valence-corrected chi connectivity index (χ1v) is 6.52. The summed E-state index contributed by atoms with van der Waals surface area (Å²) in [7, 11) is 1.51. The van der Waals surface area contributed by atoms with Crippen LogP contribution in [0, 0.1) is 11.3 Å². The van der Waals surface area contributed by atoms with Crippen LogP contribution in [0.3, 0.4) is 0 Å². The Kier molecular flexibility index (Phi) is 4.17. The SMILES string of the molecule is CNC(=O)c1sc(NCCc2ncon2)c(C#N)c1N. The number of hydrogen-bond donors (Lipinski definition) is 3. The van der Waals surface area contributed by atoms with Crippen LogP contribution in [0.4, 0.5) is 10.7 Å². The van der Waals surface area contributed by atoms with Crippen LogP contribution in [0.2, 0.25) is 0 Å². The number of nitrogen functional groups attached to an aromatic ring is 1. The van der Waals surface area contributed by atoms with Crippen molar-refractivity contribution in [2.45, 2.75) is 6.42 Å². The molecule has 1 amide bonds. The van der Waals surface area contributed by atoms with E-state index in [1.54, 1.807) is 0 Å². The number of aromatic nitrogens is 2. The Morgan fingerprint density at radius 3 is 3.05 bits per heavy atom. The third kappa shape index (κ3) is 2.70. The van der Waals surface area contributed by atoms with Crippen molar-refractivity contribution in [3.8, 4) is 6.07 Å². The molecule has 0 saturated carbocycles. The molecule has 2 rings (SSSR count). The first-order chi connectivity index (χ1) is 9.67. The lowest BCUT2D eigenvalue weighted by Gasteiger charge is -2.01. The minimum absolute atomic E-state index is 0.193. The first kappa shape index (κ1) is 13.8. The van der Waals surface area contributed by atoms with Crippen molar-refractivity contribution in [3.05, 3.63) is 22.7 Å². The lowest BCUT2D eigenvalue weighted by molar-refractivity contribution is 0.0968. The zero-order valence-electron chi connectivity index (χ0n) is 10.6. The van der Waals surface area contributed by atoms with E-state index in [1.165, 1.54) is 13.4 Å². The molecule has 0 aromatic carbocycles. The predicted octanol–water partition coefficient (Wildman–Crippen LogP) is 0.599. The van der Waals surface area contributed by atoms with E-state index in [-0.39, 0.29) is 17.2 Å². The molecule has 0 unspecified atom stereocenters. The maximum atomic E-state index is 11.6. The van der Waals surface area contributed by atoms with Crippen LogP contribution < -0.4 is 16.4 Å². The Morgan fingerprint density at radius 2 is 2.45 bits per heavy atom. The monoisotopic (exact) mass is 292 g/mol. The lowest BCUT2D eigenvalue weighted by Crippen LogP contribution is -2.17. The van der Waals surface area contributed by atoms with Crippen LogP contribution in [-0.2, 0) is 6.42 Å². The minimum atomic E-state index is -0.310. The Hall–Kier alpha value is -2.60. The number of nitrogens with one attached hydrogen (secondary N) is 2. The van der Waals surface area contributed by atoms with Crippen molar-refractivity contribution >= 4 is 27.9 Å². The highest BCUT2D eigenvalue weighted by Crippen LogP contribution is 2.34. The highest BCUT2D eigenvalue weighted by Gasteiger charge is 2.20. The van der Waals surface area contributed by atoms with Crippen molar-refractivity contribution < 1.29 is 9.32 Å². The third-order valence-corrected chi connectivity index (χ3v) is 3.69. The Bertz CT molecular complexity index is 643. The molecule has 2 aromatic rings. The summed E-state index contributed by atoms with van der Waals surface area (Å²) in [6, 6.07) is 2.00. The molecule has 0 radical (unpaired) electrons. The predicted molar refractivity (Wildman–Crippen MR) is 73.3 cm³/mol. The molecule has 0 fully saturated rings. The van der Waals surface area contributed by atoms with E-state index in [2.05, 4.69) is 25.3 Å². The fourth-order valence-electron chi connectivity index (χ4n) is 1.55. The van der Waals surface area contributed by atoms with Crippen LogP contribution in [0.1, 0.15) is 21.1 Å². The van der Waals surface area contributed by atoms with Gasteiger partial charge in [0.2, 0.25) is 6.39 Å². The maximum Gasteiger partial charge on any atom is 0.263 e. The van der Waals surface area contributed by atoms with E-state index in [1.807, 2.05) is 6.07 Å². The summed E-state index contributed by atoms with van der Waals surface area (Å²) in [6.45, 7) is 0.501. The fourth-order valence-corrected chi connectivity index (χ4v) is 2.59. The molecular weight excluding hydrogens is 280 g/mol. The average molecular weight is 292 g/mol. The van der Waals surface area contributed by atoms with Crippen molar-refractivity contribution in [1.29, 1.82) is 5.26 Å². The van der Waals surface area contributed by atoms with Gasteiger partial charge in [-0.25, -0.2) is 0 Å². The van der Waals surface area contributed by atoms with Gasteiger partial charge in [0, 0.05) is 20.0 Å². The van der Waals surface area contributed by atoms with Gasteiger partial charge in [-0.05, 0) is 0 Å². The number of amides is 1. The smallest absolute Gasteiger partial charge is 0.263 e. The Balaban J connectivity index is 2.11. The van der Waals surface area contributed by atoms with Gasteiger partial charge in [-0.2, -0.15) is 10.2 Å². The van der Waals surface area contributed by atoms with Gasteiger partial charge in [-0.15, -0.1) is 11.3 Å². The van der Waals surface area contributed by atoms with Gasteiger partial charge in [0.05, 0.1) is 5.69 Å². The van der Waals surface area contributed by atoms with Gasteiger partial charge in [0.1, 0.15) is 21.5 Å². The molecule has 0 aliphatic carbocycles. The largest absolute Gasteiger partial charge is 0.396 e. The van der Waals surface area contributed by atoms with Gasteiger partial charge in [-0.1, -0.05) is 5.16 Å². The molecule has 9 heteroatoms. The standard InChI is InChI=1S/C11H12N6O2S/c1-14-10(18)9-8(13)6(4-12)11(20-9)15-3-2-7-16-5-19-17-7/h5,15H,2-3,13H2,1H3,(H,14,18). The van der Waals surface area contributed by atoms with E-state index in [9.17, 15) is 4.79 Å². The van der Waals surface area contributed by atoms with Gasteiger partial charge in [0.15, 0.2) is 5.82 Å². The maximum absolute atomic E-state index is 11.6. The third-order valence-electron chi connectivity index (χ3n) is 2.53. The number of rotatable bonds is 5. The molecule has 8 nitrogen and oxygen atoms in total. The van der Waals surface area contributed by atoms with Crippen molar-refractivity contribution in [2.75, 3.05) is 24.6 Å². The average Bonchev–Trinajstić information content (AvgIpc) is 3.06. The zero-order chi connectivity index (χ0) is 14.5. The molecule has 20 heavy (non-hydrogen) atoms. The summed E-state index contributed by atoms with van der Waals surface area (Å²) < 4.78 is 4.62. The van der Waals surface area contributed by atoms with Crippen LogP contribution in [0.25, 0.3) is 0 Å². The fraction of sp³-hybridized carbons (Fsp3) is 0.273. The summed E-state index contributed by atoms with van der Waals surface area (Å²) in [5, 5.41) is 18.9. The molecule has 4 N–H and O–H groups in total. The summed E-state index contributed by atoms with van der Waals surface area (Å²) in [5.74, 6) is 0.252. The number of carbonyl (C=O) groups excluding carboxylic acids is 1. The molecule has 0 atom stereocenters. The summed E-state index contributed by atoms with van der Waals surface area (Å²) >= 11 is 1.15. The van der Waals surface area contributed by atoms with Crippen LogP contribution in [0.5, 0.6) is 0 Å². The van der Waals surface area contributed by atoms with Crippen LogP contribution in [0.15, 0.2) is 10.9 Å². The number of nitrogens with two attached hydrogens (primary N) is 1. The number of thiophene rings is 1. The van der Waals surface area contributed by atoms with Gasteiger partial charge >= 0.3 is 0 Å². The molecule has 2 aromatic heterocycles. The Labute approximate surface area is 118 Å². The molecular formula is C11H12N6O2S. The summed E-state index contributed by atoms with van der Waals surface area (Å²) in [5.41, 5.74) is 6.28. The molecule has 104 valence electrons. The van der Waals surface area contributed by atoms with Crippen molar-refractivity contribution in [1.82, 2.24) is 15.5 Å². The zero-order valence-corrected chi connectivity index (χ0v) is 11.5. The normalized spacial score (nSPS) is 10.0. The molecule has 0 saturated heterocycles. The molecule has 2 heterocycles. The highest BCUT2D eigenvalue weighted by atomic mass is 32.1. The van der Waals surface area contributed by atoms with Gasteiger partial charge in [-0.3, -0.25) is 4.79 Å². The summed E-state index contributed by atoms with van der Waals surface area (Å²) in [4.78, 5) is 15.8. The Morgan fingerprint density at radius 1 is 1.65 bits per heavy atom. The number of nitriles is 1. The van der Waals surface area contributed by atoms with E-state index in [0.29, 0.717) is 28.7 Å². The van der Waals surface area contributed by atoms with E-state index < -0.39 is 0 Å². The molecule has 0 spiro atoms. The highest BCUT2D eigenvalue weighted by molar-refractivity contribution is 7.18. The van der Waals surface area contributed by atoms with Crippen molar-refractivity contribution in [3.63, 3.8) is 0 Å². The number of nitrogens with zero attached hydrogens (tertiary/aromatic N) is 3. The lowest BCUT2D eigenvalue weighted by atomic mass is 10.2. The molecule has 0 aliphatic heterocycles. The quantitative estimate of drug-likeness (QED) is 0.735.